The van der Waals surface area contributed by atoms with Crippen molar-refractivity contribution in [3.8, 4) is 6.07 Å². The highest BCUT2D eigenvalue weighted by molar-refractivity contribution is 5.87. The van der Waals surface area contributed by atoms with Crippen molar-refractivity contribution < 1.29 is 9.53 Å². The van der Waals surface area contributed by atoms with Crippen molar-refractivity contribution in [2.75, 3.05) is 6.61 Å². The van der Waals surface area contributed by atoms with E-state index < -0.39 is 5.97 Å². The smallest absolute Gasteiger partial charge is 0.334 e. The number of carbonyl (C=O) groups is 1. The first-order valence-electron chi connectivity index (χ1n) is 3.55. The molecule has 0 heterocycles. The monoisotopic (exact) mass is 165 g/mol. The van der Waals surface area contributed by atoms with Crippen LogP contribution in [0.15, 0.2) is 24.8 Å². The maximum absolute atomic E-state index is 10.9. The van der Waals surface area contributed by atoms with Gasteiger partial charge in [-0.1, -0.05) is 12.7 Å². The number of nitrogens with zero attached hydrogens (tertiary/aromatic N) is 1. The van der Waals surface area contributed by atoms with Gasteiger partial charge in [0.05, 0.1) is 0 Å². The van der Waals surface area contributed by atoms with Gasteiger partial charge in [-0.05, 0) is 12.8 Å². The molecule has 3 nitrogen and oxygen atoms in total. The highest BCUT2D eigenvalue weighted by Gasteiger charge is 2.06. The minimum atomic E-state index is -0.501. The zero-order chi connectivity index (χ0) is 9.40. The van der Waals surface area contributed by atoms with Crippen LogP contribution in [0.2, 0.25) is 0 Å². The fraction of sp³-hybridized carbons (Fsp3) is 0.333. The van der Waals surface area contributed by atoms with E-state index in [0.717, 1.165) is 0 Å². The summed E-state index contributed by atoms with van der Waals surface area (Å²) in [5, 5.41) is 8.10. The predicted octanol–water partition coefficient (Wildman–Crippen LogP) is 1.58. The van der Waals surface area contributed by atoms with E-state index in [4.69, 9.17) is 5.26 Å². The Hall–Kier alpha value is -1.56. The summed E-state index contributed by atoms with van der Waals surface area (Å²) in [6.45, 7) is 6.81. The lowest BCUT2D eigenvalue weighted by atomic mass is 10.2. The maximum atomic E-state index is 10.9. The zero-order valence-electron chi connectivity index (χ0n) is 6.88. The molecule has 64 valence electrons. The van der Waals surface area contributed by atoms with Gasteiger partial charge >= 0.3 is 5.97 Å². The standard InChI is InChI=1S/C9H11NO2/c1-3-4-5-8(2)9(11)12-7-6-10/h3H,1-2,4-5,7H2. The van der Waals surface area contributed by atoms with Crippen molar-refractivity contribution in [2.45, 2.75) is 12.8 Å². The Kier molecular flexibility index (Phi) is 5.37. The number of hydrogen-bond acceptors (Lipinski definition) is 3. The second-order valence-corrected chi connectivity index (χ2v) is 2.17. The van der Waals surface area contributed by atoms with Crippen molar-refractivity contribution in [1.29, 1.82) is 5.26 Å². The van der Waals surface area contributed by atoms with Gasteiger partial charge in [-0.25, -0.2) is 4.79 Å². The summed E-state index contributed by atoms with van der Waals surface area (Å²) in [6, 6.07) is 1.71. The summed E-state index contributed by atoms with van der Waals surface area (Å²) in [7, 11) is 0. The fourth-order valence-corrected chi connectivity index (χ4v) is 0.578. The van der Waals surface area contributed by atoms with Gasteiger partial charge in [-0.15, -0.1) is 6.58 Å². The molecule has 0 atom stereocenters. The summed E-state index contributed by atoms with van der Waals surface area (Å²) >= 11 is 0. The highest BCUT2D eigenvalue weighted by Crippen LogP contribution is 2.04. The van der Waals surface area contributed by atoms with Crippen molar-refractivity contribution >= 4 is 5.97 Å². The largest absolute Gasteiger partial charge is 0.447 e. The van der Waals surface area contributed by atoms with E-state index >= 15 is 0 Å². The second kappa shape index (κ2) is 6.17. The number of ether oxygens (including phenoxy) is 1. The molecular formula is C9H11NO2. The van der Waals surface area contributed by atoms with E-state index in [-0.39, 0.29) is 6.61 Å². The number of hydrogen-bond donors (Lipinski definition) is 0. The molecule has 0 aliphatic carbocycles. The number of esters is 1. The van der Waals surface area contributed by atoms with E-state index in [0.29, 0.717) is 18.4 Å². The molecule has 0 fully saturated rings. The summed E-state index contributed by atoms with van der Waals surface area (Å²) in [6.07, 6.45) is 2.93. The molecule has 0 N–H and O–H groups in total. The Morgan fingerprint density at radius 3 is 2.83 bits per heavy atom. The van der Waals surface area contributed by atoms with Gasteiger partial charge < -0.3 is 4.74 Å². The second-order valence-electron chi connectivity index (χ2n) is 2.17. The van der Waals surface area contributed by atoms with E-state index in [1.165, 1.54) is 0 Å². The number of rotatable bonds is 5. The molecule has 0 aromatic carbocycles. The van der Waals surface area contributed by atoms with Crippen molar-refractivity contribution in [2.24, 2.45) is 0 Å². The van der Waals surface area contributed by atoms with Gasteiger partial charge in [0.25, 0.3) is 0 Å². The van der Waals surface area contributed by atoms with Crippen LogP contribution in [0.4, 0.5) is 0 Å². The normalized spacial score (nSPS) is 8.25. The third-order valence-electron chi connectivity index (χ3n) is 1.21. The first-order chi connectivity index (χ1) is 5.72. The molecule has 0 unspecified atom stereocenters. The molecule has 0 bridgehead atoms. The van der Waals surface area contributed by atoms with Crippen molar-refractivity contribution in [1.82, 2.24) is 0 Å². The molecule has 0 aliphatic rings. The van der Waals surface area contributed by atoms with Gasteiger partial charge in [-0.3, -0.25) is 0 Å². The Labute approximate surface area is 71.9 Å². The average Bonchev–Trinajstić information content (AvgIpc) is 2.10. The Bertz CT molecular complexity index is 225. The van der Waals surface area contributed by atoms with Crippen LogP contribution in [-0.2, 0) is 9.53 Å². The van der Waals surface area contributed by atoms with Gasteiger partial charge in [-0.2, -0.15) is 5.26 Å². The molecule has 0 spiro atoms. The molecule has 0 radical (unpaired) electrons. The highest BCUT2D eigenvalue weighted by atomic mass is 16.5. The molecule has 0 aromatic heterocycles. The van der Waals surface area contributed by atoms with Crippen LogP contribution in [0.1, 0.15) is 12.8 Å². The number of carbonyl (C=O) groups excluding carboxylic acids is 1. The van der Waals surface area contributed by atoms with Crippen molar-refractivity contribution in [3.63, 3.8) is 0 Å². The van der Waals surface area contributed by atoms with E-state index in [2.05, 4.69) is 17.9 Å². The molecule has 0 saturated heterocycles. The van der Waals surface area contributed by atoms with Crippen LogP contribution in [-0.4, -0.2) is 12.6 Å². The minimum Gasteiger partial charge on any atom is -0.447 e. The first-order valence-corrected chi connectivity index (χ1v) is 3.55. The first kappa shape index (κ1) is 10.4. The van der Waals surface area contributed by atoms with Gasteiger partial charge in [0.15, 0.2) is 6.61 Å². The molecule has 0 aromatic rings. The van der Waals surface area contributed by atoms with Gasteiger partial charge in [0.2, 0.25) is 0 Å². The van der Waals surface area contributed by atoms with E-state index in [9.17, 15) is 4.79 Å². The Balaban J connectivity index is 3.71. The number of nitriles is 1. The van der Waals surface area contributed by atoms with Crippen LogP contribution in [0.3, 0.4) is 0 Å². The fourth-order valence-electron chi connectivity index (χ4n) is 0.578. The van der Waals surface area contributed by atoms with Crippen LogP contribution in [0.5, 0.6) is 0 Å². The summed E-state index contributed by atoms with van der Waals surface area (Å²) < 4.78 is 4.52. The lowest BCUT2D eigenvalue weighted by Crippen LogP contribution is -2.06. The average molecular weight is 165 g/mol. The topological polar surface area (TPSA) is 50.1 Å². The molecule has 12 heavy (non-hydrogen) atoms. The number of allylic oxidation sites excluding steroid dienone is 1. The minimum absolute atomic E-state index is 0.216. The van der Waals surface area contributed by atoms with E-state index in [1.807, 2.05) is 0 Å². The third kappa shape index (κ3) is 4.29. The van der Waals surface area contributed by atoms with E-state index in [1.54, 1.807) is 12.1 Å². The molecule has 0 saturated carbocycles. The lowest BCUT2D eigenvalue weighted by molar-refractivity contribution is -0.137. The summed E-state index contributed by atoms with van der Waals surface area (Å²) in [5.41, 5.74) is 0.380. The van der Waals surface area contributed by atoms with Crippen LogP contribution in [0.25, 0.3) is 0 Å². The maximum Gasteiger partial charge on any atom is 0.334 e. The van der Waals surface area contributed by atoms with Gasteiger partial charge in [0.1, 0.15) is 6.07 Å². The van der Waals surface area contributed by atoms with Gasteiger partial charge in [0, 0.05) is 5.57 Å². The zero-order valence-corrected chi connectivity index (χ0v) is 6.88. The Morgan fingerprint density at radius 1 is 1.67 bits per heavy atom. The molecule has 0 amide bonds. The third-order valence-corrected chi connectivity index (χ3v) is 1.21. The molecule has 3 heteroatoms. The van der Waals surface area contributed by atoms with Crippen LogP contribution < -0.4 is 0 Å². The molecule has 0 rings (SSSR count). The van der Waals surface area contributed by atoms with Crippen LogP contribution >= 0.6 is 0 Å². The molecular weight excluding hydrogens is 154 g/mol. The quantitative estimate of drug-likeness (QED) is 0.353. The molecule has 0 aliphatic heterocycles. The van der Waals surface area contributed by atoms with Crippen molar-refractivity contribution in [3.05, 3.63) is 24.8 Å². The summed E-state index contributed by atoms with van der Waals surface area (Å²) in [5.74, 6) is -0.501. The lowest BCUT2D eigenvalue weighted by Gasteiger charge is -2.01. The summed E-state index contributed by atoms with van der Waals surface area (Å²) in [4.78, 5) is 10.9. The Morgan fingerprint density at radius 2 is 2.33 bits per heavy atom. The van der Waals surface area contributed by atoms with Crippen LogP contribution in [0, 0.1) is 11.3 Å². The predicted molar refractivity (Wildman–Crippen MR) is 45.1 cm³/mol. The SMILES string of the molecule is C=CCCC(=C)C(=O)OCC#N.